The molecule has 0 spiro atoms. The van der Waals surface area contributed by atoms with Crippen LogP contribution in [-0.4, -0.2) is 36.4 Å². The molecule has 2 fully saturated rings. The highest BCUT2D eigenvalue weighted by molar-refractivity contribution is 5.81. The number of rotatable bonds is 3. The maximum Gasteiger partial charge on any atom is 0.228 e. The summed E-state index contributed by atoms with van der Waals surface area (Å²) in [5.74, 6) is 0.293. The summed E-state index contributed by atoms with van der Waals surface area (Å²) in [5, 5.41) is 10.4. The van der Waals surface area contributed by atoms with Crippen LogP contribution in [0.3, 0.4) is 0 Å². The highest BCUT2D eigenvalue weighted by Gasteiger charge is 2.43. The van der Waals surface area contributed by atoms with Crippen molar-refractivity contribution in [2.24, 2.45) is 11.8 Å². The van der Waals surface area contributed by atoms with Crippen molar-refractivity contribution in [1.29, 1.82) is 0 Å². The number of benzene rings is 2. The molecule has 2 saturated heterocycles. The summed E-state index contributed by atoms with van der Waals surface area (Å²) in [4.78, 5) is 15.4. The Hall–Kier alpha value is -2.47. The van der Waals surface area contributed by atoms with Gasteiger partial charge >= 0.3 is 0 Å². The van der Waals surface area contributed by atoms with Crippen molar-refractivity contribution in [2.45, 2.75) is 31.8 Å². The van der Waals surface area contributed by atoms with E-state index in [4.69, 9.17) is 0 Å². The van der Waals surface area contributed by atoms with Gasteiger partial charge in [0, 0.05) is 13.1 Å². The van der Waals surface area contributed by atoms with E-state index in [2.05, 4.69) is 69.4 Å². The highest BCUT2D eigenvalue weighted by atomic mass is 16.2. The molecule has 0 aliphatic carbocycles. The maximum atomic E-state index is 13.1. The minimum absolute atomic E-state index is 0.00472. The predicted molar refractivity (Wildman–Crippen MR) is 114 cm³/mol. The molecule has 5 heteroatoms. The summed E-state index contributed by atoms with van der Waals surface area (Å²) in [5.41, 5.74) is 3.96. The van der Waals surface area contributed by atoms with Crippen LogP contribution in [-0.2, 0) is 17.8 Å². The van der Waals surface area contributed by atoms with E-state index in [0.717, 1.165) is 32.5 Å². The summed E-state index contributed by atoms with van der Waals surface area (Å²) in [6, 6.07) is 18.9. The first-order chi connectivity index (χ1) is 14.3. The van der Waals surface area contributed by atoms with Gasteiger partial charge in [-0.1, -0.05) is 66.7 Å². The van der Waals surface area contributed by atoms with Gasteiger partial charge in [0.05, 0.1) is 12.1 Å². The van der Waals surface area contributed by atoms with E-state index in [-0.39, 0.29) is 30.2 Å². The van der Waals surface area contributed by atoms with E-state index >= 15 is 0 Å². The lowest BCUT2D eigenvalue weighted by Gasteiger charge is -2.47. The Morgan fingerprint density at radius 1 is 1.00 bits per heavy atom. The third-order valence-electron chi connectivity index (χ3n) is 6.44. The first-order valence-corrected chi connectivity index (χ1v) is 10.6. The number of hydrogen-bond donors (Lipinski definition) is 3. The topological polar surface area (TPSA) is 56.4 Å². The van der Waals surface area contributed by atoms with E-state index in [1.54, 1.807) is 0 Å². The normalized spacial score (nSPS) is 29.9. The van der Waals surface area contributed by atoms with Crippen LogP contribution in [0.15, 0.2) is 60.7 Å². The molecule has 0 aromatic heterocycles. The fraction of sp³-hybridized carbons (Fsp3) is 0.375. The molecule has 3 N–H and O–H groups in total. The lowest BCUT2D eigenvalue weighted by molar-refractivity contribution is -0.136. The summed E-state index contributed by atoms with van der Waals surface area (Å²) in [6.07, 6.45) is 6.24. The molecule has 4 unspecified atom stereocenters. The van der Waals surface area contributed by atoms with E-state index in [1.165, 1.54) is 16.7 Å². The zero-order valence-corrected chi connectivity index (χ0v) is 16.6. The van der Waals surface area contributed by atoms with E-state index in [0.29, 0.717) is 0 Å². The van der Waals surface area contributed by atoms with Crippen LogP contribution in [0.5, 0.6) is 0 Å². The van der Waals surface area contributed by atoms with Crippen molar-refractivity contribution >= 4 is 12.0 Å². The number of nitrogens with one attached hydrogen (secondary N) is 3. The maximum absolute atomic E-state index is 13.1. The Kier molecular flexibility index (Phi) is 5.19. The summed E-state index contributed by atoms with van der Waals surface area (Å²) in [6.45, 7) is 2.73. The summed E-state index contributed by atoms with van der Waals surface area (Å²) < 4.78 is 0. The van der Waals surface area contributed by atoms with Crippen molar-refractivity contribution in [3.63, 3.8) is 0 Å². The van der Waals surface area contributed by atoms with Crippen LogP contribution in [0, 0.1) is 11.8 Å². The molecule has 1 amide bonds. The van der Waals surface area contributed by atoms with Crippen LogP contribution in [0.4, 0.5) is 0 Å². The Labute approximate surface area is 172 Å². The molecule has 5 rings (SSSR count). The van der Waals surface area contributed by atoms with Gasteiger partial charge in [-0.2, -0.15) is 0 Å². The Morgan fingerprint density at radius 2 is 1.79 bits per heavy atom. The predicted octanol–water partition coefficient (Wildman–Crippen LogP) is 2.31. The van der Waals surface area contributed by atoms with Gasteiger partial charge in [0.25, 0.3) is 0 Å². The molecule has 150 valence electrons. The van der Waals surface area contributed by atoms with Gasteiger partial charge in [0.15, 0.2) is 0 Å². The molecule has 0 saturated carbocycles. The molecule has 29 heavy (non-hydrogen) atoms. The largest absolute Gasteiger partial charge is 0.328 e. The first kappa shape index (κ1) is 18.6. The van der Waals surface area contributed by atoms with Gasteiger partial charge in [-0.05, 0) is 42.0 Å². The third kappa shape index (κ3) is 3.86. The molecular formula is C24H28N4O. The minimum Gasteiger partial charge on any atom is -0.328 e. The van der Waals surface area contributed by atoms with Gasteiger partial charge in [-0.15, -0.1) is 0 Å². The number of piperidine rings is 1. The smallest absolute Gasteiger partial charge is 0.228 e. The second-order valence-corrected chi connectivity index (χ2v) is 8.25. The average molecular weight is 389 g/mol. The zero-order chi connectivity index (χ0) is 19.6. The molecule has 2 aromatic carbocycles. The molecule has 3 aliphatic rings. The number of hydrogen-bond acceptors (Lipinski definition) is 4. The quantitative estimate of drug-likeness (QED) is 0.755. The van der Waals surface area contributed by atoms with Crippen LogP contribution >= 0.6 is 0 Å². The van der Waals surface area contributed by atoms with Gasteiger partial charge in [0.2, 0.25) is 5.91 Å². The standard InChI is InChI=1S/C24H28N4O/c29-23-21-19(11-10-17-6-2-1-3-7-17)12-14-25-22(21)26-24(27-23)28-15-13-18-8-4-5-9-20(18)16-28/h1-11,19,21-22,24-26H,12-16H2,(H,27,29)/b11-10+. The zero-order valence-electron chi connectivity index (χ0n) is 16.6. The van der Waals surface area contributed by atoms with Gasteiger partial charge in [-0.3, -0.25) is 15.0 Å². The monoisotopic (exact) mass is 388 g/mol. The fourth-order valence-corrected chi connectivity index (χ4v) is 4.86. The SMILES string of the molecule is O=C1NC(N2CCc3ccccc3C2)NC2NCCC(/C=C/c3ccccc3)C12. The molecule has 2 aromatic rings. The third-order valence-corrected chi connectivity index (χ3v) is 6.44. The first-order valence-electron chi connectivity index (χ1n) is 10.6. The van der Waals surface area contributed by atoms with Gasteiger partial charge in [0.1, 0.15) is 6.29 Å². The molecule has 0 radical (unpaired) electrons. The van der Waals surface area contributed by atoms with E-state index in [9.17, 15) is 4.79 Å². The van der Waals surface area contributed by atoms with Crippen molar-refractivity contribution in [2.75, 3.05) is 13.1 Å². The van der Waals surface area contributed by atoms with Crippen LogP contribution in [0.2, 0.25) is 0 Å². The van der Waals surface area contributed by atoms with E-state index in [1.807, 2.05) is 18.2 Å². The minimum atomic E-state index is -0.124. The second-order valence-electron chi connectivity index (χ2n) is 8.25. The summed E-state index contributed by atoms with van der Waals surface area (Å²) in [7, 11) is 0. The Morgan fingerprint density at radius 3 is 2.66 bits per heavy atom. The van der Waals surface area contributed by atoms with Crippen molar-refractivity contribution in [1.82, 2.24) is 20.9 Å². The second kappa shape index (κ2) is 8.11. The van der Waals surface area contributed by atoms with Crippen molar-refractivity contribution in [3.05, 3.63) is 77.4 Å². The van der Waals surface area contributed by atoms with Gasteiger partial charge < -0.3 is 10.6 Å². The summed E-state index contributed by atoms with van der Waals surface area (Å²) >= 11 is 0. The lowest BCUT2D eigenvalue weighted by atomic mass is 9.81. The number of carbonyl (C=O) groups is 1. The number of fused-ring (bicyclic) bond motifs is 2. The molecule has 0 bridgehead atoms. The van der Waals surface area contributed by atoms with Crippen molar-refractivity contribution in [3.8, 4) is 0 Å². The fourth-order valence-electron chi connectivity index (χ4n) is 4.86. The number of nitrogens with zero attached hydrogens (tertiary/aromatic N) is 1. The highest BCUT2D eigenvalue weighted by Crippen LogP contribution is 2.29. The van der Waals surface area contributed by atoms with Crippen LogP contribution in [0.25, 0.3) is 6.08 Å². The van der Waals surface area contributed by atoms with Crippen molar-refractivity contribution < 1.29 is 4.79 Å². The average Bonchev–Trinajstić information content (AvgIpc) is 2.78. The van der Waals surface area contributed by atoms with E-state index < -0.39 is 0 Å². The molecule has 4 atom stereocenters. The number of carbonyl (C=O) groups excluding carboxylic acids is 1. The Balaban J connectivity index is 1.28. The van der Waals surface area contributed by atoms with Gasteiger partial charge in [-0.25, -0.2) is 0 Å². The molecular weight excluding hydrogens is 360 g/mol. The lowest BCUT2D eigenvalue weighted by Crippen LogP contribution is -2.72. The molecule has 3 heterocycles. The number of allylic oxidation sites excluding steroid dienone is 1. The van der Waals surface area contributed by atoms with Crippen LogP contribution in [0.1, 0.15) is 23.1 Å². The van der Waals surface area contributed by atoms with Crippen LogP contribution < -0.4 is 16.0 Å². The Bertz CT molecular complexity index is 897. The molecule has 5 nitrogen and oxygen atoms in total. The number of amides is 1. The molecule has 3 aliphatic heterocycles.